The number of carbonyl (C=O) groups is 1. The van der Waals surface area contributed by atoms with Crippen molar-refractivity contribution in [2.75, 3.05) is 32.8 Å². The van der Waals surface area contributed by atoms with Gasteiger partial charge in [0.25, 0.3) is 5.91 Å². The molecular weight excluding hydrogens is 328 g/mol. The Bertz CT molecular complexity index is 831. The van der Waals surface area contributed by atoms with Crippen LogP contribution in [0, 0.1) is 5.92 Å². The van der Waals surface area contributed by atoms with E-state index in [9.17, 15) is 4.79 Å². The number of hydroxylamine groups is 2. The van der Waals surface area contributed by atoms with Gasteiger partial charge in [0.1, 0.15) is 5.75 Å². The Balaban J connectivity index is 1.48. The SMILES string of the molecule is O=C(CN1CCCCC1)N1OCC2COc3ccc4ccccc4c3C21. The molecule has 0 aromatic heterocycles. The number of ether oxygens (including phenoxy) is 1. The highest BCUT2D eigenvalue weighted by atomic mass is 16.7. The number of likely N-dealkylation sites (tertiary alicyclic amines) is 1. The Morgan fingerprint density at radius 1 is 1.04 bits per heavy atom. The van der Waals surface area contributed by atoms with Crippen molar-refractivity contribution < 1.29 is 14.4 Å². The van der Waals surface area contributed by atoms with Gasteiger partial charge in [-0.05, 0) is 42.8 Å². The summed E-state index contributed by atoms with van der Waals surface area (Å²) in [6.07, 6.45) is 3.63. The third-order valence-corrected chi connectivity index (χ3v) is 5.86. The minimum Gasteiger partial charge on any atom is -0.493 e. The lowest BCUT2D eigenvalue weighted by molar-refractivity contribution is -0.178. The summed E-state index contributed by atoms with van der Waals surface area (Å²) in [7, 11) is 0. The van der Waals surface area contributed by atoms with Crippen molar-refractivity contribution >= 4 is 16.7 Å². The largest absolute Gasteiger partial charge is 0.493 e. The first kappa shape index (κ1) is 16.1. The molecule has 0 spiro atoms. The average molecular weight is 352 g/mol. The predicted molar refractivity (Wildman–Crippen MR) is 98.8 cm³/mol. The van der Waals surface area contributed by atoms with E-state index in [-0.39, 0.29) is 17.9 Å². The van der Waals surface area contributed by atoms with Crippen molar-refractivity contribution in [1.82, 2.24) is 9.96 Å². The number of fused-ring (bicyclic) bond motifs is 5. The summed E-state index contributed by atoms with van der Waals surface area (Å²) in [5.74, 6) is 1.14. The summed E-state index contributed by atoms with van der Waals surface area (Å²) in [5.41, 5.74) is 1.10. The van der Waals surface area contributed by atoms with E-state index in [2.05, 4.69) is 23.1 Å². The van der Waals surface area contributed by atoms with Crippen LogP contribution in [0.15, 0.2) is 36.4 Å². The molecule has 0 bridgehead atoms. The second-order valence-corrected chi connectivity index (χ2v) is 7.57. The highest BCUT2D eigenvalue weighted by Gasteiger charge is 2.45. The predicted octanol–water partition coefficient (Wildman–Crippen LogP) is 3.15. The van der Waals surface area contributed by atoms with E-state index in [1.54, 1.807) is 5.06 Å². The molecule has 0 N–H and O–H groups in total. The number of hydrogen-bond donors (Lipinski definition) is 0. The molecule has 3 heterocycles. The van der Waals surface area contributed by atoms with Gasteiger partial charge in [0.2, 0.25) is 0 Å². The molecule has 5 rings (SSSR count). The molecule has 3 aliphatic heterocycles. The summed E-state index contributed by atoms with van der Waals surface area (Å²) < 4.78 is 6.00. The molecule has 2 aromatic carbocycles. The molecular formula is C21H24N2O3. The van der Waals surface area contributed by atoms with Crippen molar-refractivity contribution in [3.8, 4) is 5.75 Å². The van der Waals surface area contributed by atoms with E-state index < -0.39 is 0 Å². The zero-order valence-corrected chi connectivity index (χ0v) is 14.9. The van der Waals surface area contributed by atoms with Gasteiger partial charge < -0.3 is 4.74 Å². The van der Waals surface area contributed by atoms with Crippen molar-refractivity contribution in [3.05, 3.63) is 42.0 Å². The first-order chi connectivity index (χ1) is 12.8. The number of piperidine rings is 1. The van der Waals surface area contributed by atoms with E-state index in [0.29, 0.717) is 19.8 Å². The van der Waals surface area contributed by atoms with Crippen molar-refractivity contribution in [2.45, 2.75) is 25.3 Å². The van der Waals surface area contributed by atoms with E-state index in [4.69, 9.17) is 9.57 Å². The van der Waals surface area contributed by atoms with Gasteiger partial charge in [0, 0.05) is 11.5 Å². The summed E-state index contributed by atoms with van der Waals surface area (Å²) in [6.45, 7) is 3.61. The second kappa shape index (κ2) is 6.56. The summed E-state index contributed by atoms with van der Waals surface area (Å²) in [6, 6.07) is 12.4. The Morgan fingerprint density at radius 2 is 1.88 bits per heavy atom. The lowest BCUT2D eigenvalue weighted by Crippen LogP contribution is -2.42. The van der Waals surface area contributed by atoms with Gasteiger partial charge in [-0.2, -0.15) is 0 Å². The number of nitrogens with zero attached hydrogens (tertiary/aromatic N) is 2. The average Bonchev–Trinajstić information content (AvgIpc) is 3.13. The van der Waals surface area contributed by atoms with E-state index >= 15 is 0 Å². The van der Waals surface area contributed by atoms with Crippen LogP contribution >= 0.6 is 0 Å². The normalized spacial score (nSPS) is 25.6. The molecule has 3 aliphatic rings. The van der Waals surface area contributed by atoms with E-state index in [1.807, 2.05) is 18.2 Å². The lowest BCUT2D eigenvalue weighted by Gasteiger charge is -2.34. The van der Waals surface area contributed by atoms with Crippen LogP contribution < -0.4 is 4.74 Å². The molecule has 2 unspecified atom stereocenters. The van der Waals surface area contributed by atoms with Crippen LogP contribution in [0.25, 0.3) is 10.8 Å². The van der Waals surface area contributed by atoms with Gasteiger partial charge in [-0.25, -0.2) is 5.06 Å². The Labute approximate surface area is 153 Å². The maximum Gasteiger partial charge on any atom is 0.260 e. The quantitative estimate of drug-likeness (QED) is 0.833. The minimum atomic E-state index is -0.0536. The van der Waals surface area contributed by atoms with Crippen molar-refractivity contribution in [1.29, 1.82) is 0 Å². The molecule has 5 heteroatoms. The van der Waals surface area contributed by atoms with Gasteiger partial charge in [-0.15, -0.1) is 0 Å². The highest BCUT2D eigenvalue weighted by molar-refractivity contribution is 5.89. The Kier molecular flexibility index (Phi) is 4.06. The maximum absolute atomic E-state index is 13.0. The second-order valence-electron chi connectivity index (χ2n) is 7.57. The number of benzene rings is 2. The van der Waals surface area contributed by atoms with E-state index in [1.165, 1.54) is 24.6 Å². The van der Waals surface area contributed by atoms with Gasteiger partial charge in [-0.3, -0.25) is 14.5 Å². The molecule has 0 radical (unpaired) electrons. The van der Waals surface area contributed by atoms with Gasteiger partial charge in [-0.1, -0.05) is 36.8 Å². The topological polar surface area (TPSA) is 42.0 Å². The third-order valence-electron chi connectivity index (χ3n) is 5.86. The number of amides is 1. The smallest absolute Gasteiger partial charge is 0.260 e. The molecule has 0 saturated carbocycles. The molecule has 2 aromatic rings. The Hall–Kier alpha value is -2.11. The fourth-order valence-electron chi connectivity index (χ4n) is 4.54. The third kappa shape index (κ3) is 2.66. The molecule has 2 fully saturated rings. The molecule has 136 valence electrons. The zero-order valence-electron chi connectivity index (χ0n) is 14.9. The molecule has 1 amide bonds. The first-order valence-electron chi connectivity index (χ1n) is 9.63. The molecule has 2 saturated heterocycles. The van der Waals surface area contributed by atoms with Crippen LogP contribution in [-0.4, -0.2) is 48.7 Å². The van der Waals surface area contributed by atoms with Crippen LogP contribution in [0.5, 0.6) is 5.75 Å². The summed E-state index contributed by atoms with van der Waals surface area (Å²) >= 11 is 0. The number of hydrogen-bond acceptors (Lipinski definition) is 4. The standard InChI is InChI=1S/C21H24N2O3/c24-19(12-22-10-4-1-5-11-22)23-21-16(14-26-23)13-25-18-9-8-15-6-2-3-7-17(15)20(18)21/h2-3,6-9,16,21H,1,4-5,10-14H2. The monoisotopic (exact) mass is 352 g/mol. The van der Waals surface area contributed by atoms with Gasteiger partial charge >= 0.3 is 0 Å². The highest BCUT2D eigenvalue weighted by Crippen LogP contribution is 2.46. The van der Waals surface area contributed by atoms with E-state index in [0.717, 1.165) is 29.8 Å². The van der Waals surface area contributed by atoms with Gasteiger partial charge in [0.05, 0.1) is 25.8 Å². The molecule has 0 aliphatic carbocycles. The van der Waals surface area contributed by atoms with Crippen LogP contribution in [0.3, 0.4) is 0 Å². The minimum absolute atomic E-state index is 0.0536. The van der Waals surface area contributed by atoms with Crippen LogP contribution in [0.4, 0.5) is 0 Å². The maximum atomic E-state index is 13.0. The number of carbonyl (C=O) groups excluding carboxylic acids is 1. The van der Waals surface area contributed by atoms with Crippen molar-refractivity contribution in [2.24, 2.45) is 5.92 Å². The number of rotatable bonds is 2. The fraction of sp³-hybridized carbons (Fsp3) is 0.476. The van der Waals surface area contributed by atoms with Crippen LogP contribution in [-0.2, 0) is 9.63 Å². The summed E-state index contributed by atoms with van der Waals surface area (Å²) in [4.78, 5) is 21.2. The van der Waals surface area contributed by atoms with Crippen LogP contribution in [0.1, 0.15) is 30.9 Å². The summed E-state index contributed by atoms with van der Waals surface area (Å²) in [5, 5.41) is 3.97. The first-order valence-corrected chi connectivity index (χ1v) is 9.63. The fourth-order valence-corrected chi connectivity index (χ4v) is 4.54. The molecule has 26 heavy (non-hydrogen) atoms. The molecule has 5 nitrogen and oxygen atoms in total. The lowest BCUT2D eigenvalue weighted by atomic mass is 9.88. The van der Waals surface area contributed by atoms with Gasteiger partial charge in [0.15, 0.2) is 0 Å². The molecule has 2 atom stereocenters. The Morgan fingerprint density at radius 3 is 2.77 bits per heavy atom. The van der Waals surface area contributed by atoms with Crippen molar-refractivity contribution in [3.63, 3.8) is 0 Å². The zero-order chi connectivity index (χ0) is 17.5. The van der Waals surface area contributed by atoms with Crippen LogP contribution in [0.2, 0.25) is 0 Å².